The summed E-state index contributed by atoms with van der Waals surface area (Å²) in [7, 11) is 0. The van der Waals surface area contributed by atoms with Crippen LogP contribution in [0.5, 0.6) is 5.75 Å². The lowest BCUT2D eigenvalue weighted by Gasteiger charge is -2.69. The molecular weight excluding hydrogens is 582 g/mol. The molecule has 4 amide bonds. The number of rotatable bonds is 6. The van der Waals surface area contributed by atoms with Crippen LogP contribution in [0.3, 0.4) is 0 Å². The highest BCUT2D eigenvalue weighted by molar-refractivity contribution is 6.05. The highest BCUT2D eigenvalue weighted by Crippen LogP contribution is 2.73. The number of benzene rings is 1. The van der Waals surface area contributed by atoms with E-state index in [1.807, 2.05) is 4.90 Å². The number of carbonyl (C=O) groups excluding carboxylic acids is 4. The molecule has 1 unspecified atom stereocenters. The van der Waals surface area contributed by atoms with E-state index in [0.717, 1.165) is 45.2 Å². The number of ether oxygens (including phenoxy) is 1. The van der Waals surface area contributed by atoms with Crippen molar-refractivity contribution in [1.82, 2.24) is 20.0 Å². The minimum atomic E-state index is -2.86. The van der Waals surface area contributed by atoms with Gasteiger partial charge in [-0.1, -0.05) is 6.92 Å². The van der Waals surface area contributed by atoms with Crippen molar-refractivity contribution >= 4 is 23.6 Å². The Morgan fingerprint density at radius 1 is 1.00 bits per heavy atom. The quantitative estimate of drug-likeness (QED) is 0.485. The van der Waals surface area contributed by atoms with Gasteiger partial charge < -0.3 is 14.5 Å². The van der Waals surface area contributed by atoms with E-state index in [-0.39, 0.29) is 43.0 Å². The Labute approximate surface area is 262 Å². The molecule has 45 heavy (non-hydrogen) atoms. The van der Waals surface area contributed by atoms with Crippen molar-refractivity contribution in [2.24, 2.45) is 22.7 Å². The third-order valence-electron chi connectivity index (χ3n) is 12.1. The zero-order valence-corrected chi connectivity index (χ0v) is 25.9. The standard InChI is InChI=1S/C34H42F2N4O5/c1-32-17-33(18-32,19-32)31(44)38-11-8-20(9-12-38)22-14-39(15-22)28-26(3-2-10-34(28,35)36)45-23-4-5-24-21(13-23)16-40(30(24)43)25-6-7-27(41)37-29(25)42/h4-5,13,20,22,25-26,28H,2-3,6-12,14-19H2,1H3,(H,37,41,42)/t25?,26-,28-,32?,33?/m0/s1. The zero-order valence-electron chi connectivity index (χ0n) is 25.9. The molecule has 4 heterocycles. The number of nitrogens with one attached hydrogen (secondary N) is 1. The molecule has 4 aliphatic heterocycles. The second-order valence-corrected chi connectivity index (χ2v) is 15.4. The smallest absolute Gasteiger partial charge is 0.266 e. The minimum Gasteiger partial charge on any atom is -0.489 e. The number of carbonyl (C=O) groups is 4. The molecule has 9 nitrogen and oxygen atoms in total. The van der Waals surface area contributed by atoms with Gasteiger partial charge in [0.25, 0.3) is 11.8 Å². The van der Waals surface area contributed by atoms with E-state index < -0.39 is 30.0 Å². The number of nitrogens with zero attached hydrogens (tertiary/aromatic N) is 3. The molecule has 1 N–H and O–H groups in total. The molecule has 0 aromatic heterocycles. The summed E-state index contributed by atoms with van der Waals surface area (Å²) in [6, 6.07) is 3.33. The number of hydrogen-bond donors (Lipinski definition) is 1. The van der Waals surface area contributed by atoms with Crippen LogP contribution in [0.2, 0.25) is 0 Å². The maximum absolute atomic E-state index is 15.5. The maximum Gasteiger partial charge on any atom is 0.266 e. The Morgan fingerprint density at radius 3 is 2.42 bits per heavy atom. The van der Waals surface area contributed by atoms with Crippen molar-refractivity contribution in [2.75, 3.05) is 26.2 Å². The second kappa shape index (κ2) is 10.2. The molecule has 0 spiro atoms. The Balaban J connectivity index is 0.887. The molecule has 1 aromatic carbocycles. The van der Waals surface area contributed by atoms with Crippen LogP contribution in [0.15, 0.2) is 18.2 Å². The summed E-state index contributed by atoms with van der Waals surface area (Å²) in [6.07, 6.45) is 5.56. The second-order valence-electron chi connectivity index (χ2n) is 15.4. The fraction of sp³-hybridized carbons (Fsp3) is 0.706. The zero-order chi connectivity index (χ0) is 31.3. The number of imide groups is 1. The fourth-order valence-corrected chi connectivity index (χ4v) is 10.0. The third kappa shape index (κ3) is 4.78. The fourth-order valence-electron chi connectivity index (χ4n) is 10.0. The van der Waals surface area contributed by atoms with Crippen molar-refractivity contribution < 1.29 is 32.7 Å². The number of fused-ring (bicyclic) bond motifs is 1. The number of halogens is 2. The summed E-state index contributed by atoms with van der Waals surface area (Å²) in [5, 5.41) is 2.31. The van der Waals surface area contributed by atoms with Crippen molar-refractivity contribution in [1.29, 1.82) is 0 Å². The SMILES string of the molecule is CC12CC(C(=O)N3CCC(C4CN([C@H]5[C@@H](Oc6ccc7c(c6)CN(C6CCC(=O)NC6=O)C7=O)CCCC5(F)F)C4)CC3)(C1)C2. The van der Waals surface area contributed by atoms with Gasteiger partial charge in [0.05, 0.1) is 5.41 Å². The summed E-state index contributed by atoms with van der Waals surface area (Å²) in [6.45, 7) is 5.30. The molecule has 9 rings (SSSR count). The van der Waals surface area contributed by atoms with Gasteiger partial charge in [-0.05, 0) is 92.4 Å². The Morgan fingerprint density at radius 2 is 1.73 bits per heavy atom. The molecule has 4 aliphatic carbocycles. The van der Waals surface area contributed by atoms with Gasteiger partial charge in [-0.25, -0.2) is 8.78 Å². The topological polar surface area (TPSA) is 99.3 Å². The van der Waals surface area contributed by atoms with Crippen molar-refractivity contribution in [3.63, 3.8) is 0 Å². The monoisotopic (exact) mass is 624 g/mol. The van der Waals surface area contributed by atoms with Crippen LogP contribution in [0.4, 0.5) is 8.78 Å². The summed E-state index contributed by atoms with van der Waals surface area (Å²) in [5.41, 5.74) is 1.50. The first-order valence-electron chi connectivity index (χ1n) is 16.8. The molecular formula is C34H42F2N4O5. The maximum atomic E-state index is 15.5. The number of alkyl halides is 2. The first kappa shape index (κ1) is 29.3. The predicted octanol–water partition coefficient (Wildman–Crippen LogP) is 3.74. The van der Waals surface area contributed by atoms with E-state index in [4.69, 9.17) is 4.74 Å². The summed E-state index contributed by atoms with van der Waals surface area (Å²) >= 11 is 0. The first-order valence-corrected chi connectivity index (χ1v) is 16.8. The minimum absolute atomic E-state index is 0.0717. The molecule has 3 saturated heterocycles. The summed E-state index contributed by atoms with van der Waals surface area (Å²) in [4.78, 5) is 55.6. The van der Waals surface area contributed by atoms with Crippen LogP contribution < -0.4 is 10.1 Å². The summed E-state index contributed by atoms with van der Waals surface area (Å²) < 4.78 is 37.3. The van der Waals surface area contributed by atoms with Gasteiger partial charge in [0.2, 0.25) is 17.7 Å². The molecule has 11 heteroatoms. The molecule has 3 atom stereocenters. The van der Waals surface area contributed by atoms with Gasteiger partial charge in [0.1, 0.15) is 23.9 Å². The van der Waals surface area contributed by atoms with Gasteiger partial charge in [-0.15, -0.1) is 0 Å². The van der Waals surface area contributed by atoms with Crippen LogP contribution in [-0.2, 0) is 20.9 Å². The average Bonchev–Trinajstić information content (AvgIpc) is 3.26. The van der Waals surface area contributed by atoms with Crippen molar-refractivity contribution in [2.45, 2.75) is 102 Å². The molecule has 0 radical (unpaired) electrons. The van der Waals surface area contributed by atoms with Crippen LogP contribution in [0.25, 0.3) is 0 Å². The lowest BCUT2D eigenvalue weighted by Crippen LogP contribution is -2.68. The van der Waals surface area contributed by atoms with Crippen molar-refractivity contribution in [3.8, 4) is 5.75 Å². The average molecular weight is 625 g/mol. The van der Waals surface area contributed by atoms with Crippen molar-refractivity contribution in [3.05, 3.63) is 29.3 Å². The lowest BCUT2D eigenvalue weighted by atomic mass is 9.35. The Bertz CT molecular complexity index is 1430. The molecule has 242 valence electrons. The van der Waals surface area contributed by atoms with Gasteiger partial charge >= 0.3 is 0 Å². The highest BCUT2D eigenvalue weighted by atomic mass is 19.3. The van der Waals surface area contributed by atoms with Crippen LogP contribution in [0.1, 0.15) is 87.1 Å². The van der Waals surface area contributed by atoms with Crippen LogP contribution in [0, 0.1) is 22.7 Å². The lowest BCUT2D eigenvalue weighted by molar-refractivity contribution is -0.211. The largest absolute Gasteiger partial charge is 0.489 e. The Kier molecular flexibility index (Phi) is 6.65. The molecule has 2 bridgehead atoms. The van der Waals surface area contributed by atoms with E-state index in [2.05, 4.69) is 17.1 Å². The highest BCUT2D eigenvalue weighted by Gasteiger charge is 2.69. The third-order valence-corrected chi connectivity index (χ3v) is 12.1. The molecule has 8 aliphatic rings. The number of amides is 4. The number of hydrogen-bond acceptors (Lipinski definition) is 6. The Hall–Kier alpha value is -3.08. The normalized spacial score (nSPS) is 36.5. The predicted molar refractivity (Wildman–Crippen MR) is 158 cm³/mol. The molecule has 7 fully saturated rings. The van der Waals surface area contributed by atoms with E-state index in [1.54, 1.807) is 18.2 Å². The van der Waals surface area contributed by atoms with Gasteiger partial charge in [-0.2, -0.15) is 0 Å². The number of likely N-dealkylation sites (tertiary alicyclic amines) is 2. The summed E-state index contributed by atoms with van der Waals surface area (Å²) in [5.74, 6) is -2.33. The van der Waals surface area contributed by atoms with Gasteiger partial charge in [-0.3, -0.25) is 29.4 Å². The first-order chi connectivity index (χ1) is 21.4. The van der Waals surface area contributed by atoms with Crippen LogP contribution >= 0.6 is 0 Å². The van der Waals surface area contributed by atoms with E-state index in [9.17, 15) is 19.2 Å². The van der Waals surface area contributed by atoms with E-state index in [0.29, 0.717) is 66.0 Å². The van der Waals surface area contributed by atoms with Gasteiger partial charge in [0, 0.05) is 51.1 Å². The van der Waals surface area contributed by atoms with E-state index in [1.165, 1.54) is 4.90 Å². The molecule has 4 saturated carbocycles. The van der Waals surface area contributed by atoms with Crippen LogP contribution in [-0.4, -0.2) is 88.6 Å². The molecule has 1 aromatic rings. The van der Waals surface area contributed by atoms with Gasteiger partial charge in [0.15, 0.2) is 0 Å². The number of piperidine rings is 2. The van der Waals surface area contributed by atoms with E-state index >= 15 is 8.78 Å².